The molecule has 0 aromatic carbocycles. The average Bonchev–Trinajstić information content (AvgIpc) is 2.48. The molecule has 1 aromatic rings. The van der Waals surface area contributed by atoms with Gasteiger partial charge in [0, 0.05) is 13.5 Å². The monoisotopic (exact) mass is 195 g/mol. The number of nitrogens with zero attached hydrogens (tertiary/aromatic N) is 3. The van der Waals surface area contributed by atoms with Crippen LogP contribution in [0.5, 0.6) is 0 Å². The zero-order chi connectivity index (χ0) is 10.6. The van der Waals surface area contributed by atoms with Crippen molar-refractivity contribution < 1.29 is 4.79 Å². The highest BCUT2D eigenvalue weighted by molar-refractivity contribution is 5.92. The summed E-state index contributed by atoms with van der Waals surface area (Å²) in [5, 5.41) is 7.81. The van der Waals surface area contributed by atoms with Gasteiger partial charge < -0.3 is 0 Å². The highest BCUT2D eigenvalue weighted by Gasteiger charge is 2.11. The summed E-state index contributed by atoms with van der Waals surface area (Å²) < 4.78 is 1.81. The minimum atomic E-state index is -0.00996. The summed E-state index contributed by atoms with van der Waals surface area (Å²) in [6.45, 7) is 6.44. The first-order valence-electron chi connectivity index (χ1n) is 5.07. The second-order valence-corrected chi connectivity index (χ2v) is 3.51. The number of unbranched alkanes of at least 4 members (excludes halogenated alkanes) is 2. The molecule has 0 aliphatic carbocycles. The van der Waals surface area contributed by atoms with Gasteiger partial charge in [0.05, 0.1) is 5.69 Å². The van der Waals surface area contributed by atoms with Crippen molar-refractivity contribution in [1.82, 2.24) is 15.0 Å². The summed E-state index contributed by atoms with van der Waals surface area (Å²) >= 11 is 0. The Morgan fingerprint density at radius 2 is 2.14 bits per heavy atom. The maximum atomic E-state index is 11.1. The molecule has 0 amide bonds. The highest BCUT2D eigenvalue weighted by Crippen LogP contribution is 2.06. The van der Waals surface area contributed by atoms with Crippen LogP contribution in [0.2, 0.25) is 0 Å². The quantitative estimate of drug-likeness (QED) is 0.533. The second kappa shape index (κ2) is 4.88. The fraction of sp³-hybridized carbons (Fsp3) is 0.700. The van der Waals surface area contributed by atoms with E-state index in [0.717, 1.165) is 18.7 Å². The topological polar surface area (TPSA) is 47.8 Å². The summed E-state index contributed by atoms with van der Waals surface area (Å²) in [6, 6.07) is 0. The summed E-state index contributed by atoms with van der Waals surface area (Å²) in [6.07, 6.45) is 3.47. The van der Waals surface area contributed by atoms with E-state index in [1.807, 2.05) is 11.6 Å². The van der Waals surface area contributed by atoms with Gasteiger partial charge in [-0.25, -0.2) is 4.68 Å². The first-order valence-corrected chi connectivity index (χ1v) is 5.07. The number of rotatable bonds is 5. The lowest BCUT2D eigenvalue weighted by atomic mass is 10.2. The maximum absolute atomic E-state index is 11.1. The smallest absolute Gasteiger partial charge is 0.181 e. The molecule has 0 saturated carbocycles. The van der Waals surface area contributed by atoms with E-state index in [4.69, 9.17) is 0 Å². The van der Waals surface area contributed by atoms with E-state index < -0.39 is 0 Å². The van der Waals surface area contributed by atoms with Gasteiger partial charge in [-0.3, -0.25) is 4.79 Å². The molecule has 0 fully saturated rings. The molecule has 1 rings (SSSR count). The lowest BCUT2D eigenvalue weighted by Gasteiger charge is -2.01. The molecule has 4 nitrogen and oxygen atoms in total. The first-order chi connectivity index (χ1) is 6.66. The second-order valence-electron chi connectivity index (χ2n) is 3.51. The molecule has 0 atom stereocenters. The van der Waals surface area contributed by atoms with Crippen LogP contribution in [0.25, 0.3) is 0 Å². The van der Waals surface area contributed by atoms with Crippen molar-refractivity contribution in [2.75, 3.05) is 0 Å². The van der Waals surface area contributed by atoms with Crippen LogP contribution in [-0.2, 0) is 6.54 Å². The van der Waals surface area contributed by atoms with E-state index in [-0.39, 0.29) is 5.78 Å². The van der Waals surface area contributed by atoms with Crippen molar-refractivity contribution in [3.8, 4) is 0 Å². The lowest BCUT2D eigenvalue weighted by Crippen LogP contribution is -2.03. The Hall–Kier alpha value is -1.19. The van der Waals surface area contributed by atoms with Gasteiger partial charge in [0.25, 0.3) is 0 Å². The predicted octanol–water partition coefficient (Wildman–Crippen LogP) is 1.98. The number of ketones is 1. The summed E-state index contributed by atoms with van der Waals surface area (Å²) in [5.41, 5.74) is 1.38. The van der Waals surface area contributed by atoms with Crippen molar-refractivity contribution in [3.05, 3.63) is 11.4 Å². The van der Waals surface area contributed by atoms with E-state index in [2.05, 4.69) is 17.2 Å². The van der Waals surface area contributed by atoms with Crippen LogP contribution >= 0.6 is 0 Å². The van der Waals surface area contributed by atoms with Crippen LogP contribution in [0.3, 0.4) is 0 Å². The van der Waals surface area contributed by atoms with Gasteiger partial charge in [-0.2, -0.15) is 0 Å². The van der Waals surface area contributed by atoms with Gasteiger partial charge in [-0.05, 0) is 13.3 Å². The standard InChI is InChI=1S/C10H17N3O/c1-4-5-6-7-13-8(2)10(9(3)14)11-12-13/h4-7H2,1-3H3. The molecule has 0 radical (unpaired) electrons. The Morgan fingerprint density at radius 3 is 2.64 bits per heavy atom. The SMILES string of the molecule is CCCCCn1nnc(C(C)=O)c1C. The van der Waals surface area contributed by atoms with Gasteiger partial charge in [0.2, 0.25) is 0 Å². The third-order valence-electron chi connectivity index (χ3n) is 2.29. The van der Waals surface area contributed by atoms with Crippen molar-refractivity contribution in [3.63, 3.8) is 0 Å². The van der Waals surface area contributed by atoms with Crippen molar-refractivity contribution in [2.24, 2.45) is 0 Å². The van der Waals surface area contributed by atoms with Crippen LogP contribution < -0.4 is 0 Å². The van der Waals surface area contributed by atoms with Gasteiger partial charge in [0.1, 0.15) is 0 Å². The van der Waals surface area contributed by atoms with Gasteiger partial charge in [-0.15, -0.1) is 5.10 Å². The summed E-state index contributed by atoms with van der Waals surface area (Å²) in [4.78, 5) is 11.1. The number of hydrogen-bond acceptors (Lipinski definition) is 3. The molecule has 0 aliphatic heterocycles. The molecule has 0 aliphatic rings. The van der Waals surface area contributed by atoms with E-state index in [9.17, 15) is 4.79 Å². The van der Waals surface area contributed by atoms with Gasteiger partial charge in [0.15, 0.2) is 11.5 Å². The van der Waals surface area contributed by atoms with Crippen LogP contribution in [0.1, 0.15) is 49.3 Å². The Labute approximate surface area is 84.3 Å². The molecule has 0 spiro atoms. The fourth-order valence-corrected chi connectivity index (χ4v) is 1.41. The summed E-state index contributed by atoms with van der Waals surface area (Å²) in [5.74, 6) is -0.00996. The van der Waals surface area contributed by atoms with E-state index in [0.29, 0.717) is 5.69 Å². The van der Waals surface area contributed by atoms with Crippen molar-refractivity contribution >= 4 is 5.78 Å². The minimum Gasteiger partial charge on any atom is -0.293 e. The number of hydrogen-bond donors (Lipinski definition) is 0. The number of aryl methyl sites for hydroxylation is 1. The molecule has 4 heteroatoms. The van der Waals surface area contributed by atoms with Crippen LogP contribution in [0.4, 0.5) is 0 Å². The third-order valence-corrected chi connectivity index (χ3v) is 2.29. The minimum absolute atomic E-state index is 0.00996. The summed E-state index contributed by atoms with van der Waals surface area (Å²) in [7, 11) is 0. The molecular weight excluding hydrogens is 178 g/mol. The van der Waals surface area contributed by atoms with Crippen LogP contribution in [0.15, 0.2) is 0 Å². The molecule has 1 aromatic heterocycles. The number of carbonyl (C=O) groups is 1. The Bertz CT molecular complexity index is 317. The fourth-order valence-electron chi connectivity index (χ4n) is 1.41. The van der Waals surface area contributed by atoms with Gasteiger partial charge >= 0.3 is 0 Å². The van der Waals surface area contributed by atoms with Crippen LogP contribution in [0, 0.1) is 6.92 Å². The highest BCUT2D eigenvalue weighted by atomic mass is 16.1. The van der Waals surface area contributed by atoms with Crippen molar-refractivity contribution in [1.29, 1.82) is 0 Å². The van der Waals surface area contributed by atoms with E-state index in [1.165, 1.54) is 19.8 Å². The molecule has 0 saturated heterocycles. The Morgan fingerprint density at radius 1 is 1.43 bits per heavy atom. The van der Waals surface area contributed by atoms with E-state index >= 15 is 0 Å². The normalized spacial score (nSPS) is 10.5. The zero-order valence-corrected chi connectivity index (χ0v) is 9.08. The maximum Gasteiger partial charge on any atom is 0.181 e. The molecule has 0 N–H and O–H groups in total. The molecular formula is C10H17N3O. The Balaban J connectivity index is 2.65. The van der Waals surface area contributed by atoms with Gasteiger partial charge in [-0.1, -0.05) is 25.0 Å². The molecule has 78 valence electrons. The van der Waals surface area contributed by atoms with Crippen LogP contribution in [-0.4, -0.2) is 20.8 Å². The largest absolute Gasteiger partial charge is 0.293 e. The third kappa shape index (κ3) is 2.40. The molecule has 0 unspecified atom stereocenters. The average molecular weight is 195 g/mol. The Kier molecular flexibility index (Phi) is 3.80. The molecule has 14 heavy (non-hydrogen) atoms. The lowest BCUT2D eigenvalue weighted by molar-refractivity contribution is 0.101. The zero-order valence-electron chi connectivity index (χ0n) is 9.08. The molecule has 0 bridgehead atoms. The first kappa shape index (κ1) is 10.9. The van der Waals surface area contributed by atoms with E-state index in [1.54, 1.807) is 0 Å². The molecule has 1 heterocycles. The number of carbonyl (C=O) groups excluding carboxylic acids is 1. The number of aromatic nitrogens is 3. The predicted molar refractivity (Wildman–Crippen MR) is 54.3 cm³/mol. The number of Topliss-reactive ketones (excluding diaryl/α,β-unsaturated/α-hetero) is 1. The van der Waals surface area contributed by atoms with Crippen molar-refractivity contribution in [2.45, 2.75) is 46.6 Å².